The van der Waals surface area contributed by atoms with Gasteiger partial charge < -0.3 is 24.8 Å². The molecule has 0 saturated carbocycles. The van der Waals surface area contributed by atoms with Gasteiger partial charge in [-0.25, -0.2) is 4.79 Å². The molecule has 1 aromatic rings. The lowest BCUT2D eigenvalue weighted by Gasteiger charge is -2.30. The molecule has 2 amide bonds. The summed E-state index contributed by atoms with van der Waals surface area (Å²) >= 11 is 0. The van der Waals surface area contributed by atoms with E-state index >= 15 is 0 Å². The van der Waals surface area contributed by atoms with E-state index in [-0.39, 0.29) is 12.6 Å². The van der Waals surface area contributed by atoms with Crippen molar-refractivity contribution in [3.05, 3.63) is 29.8 Å². The second-order valence-electron chi connectivity index (χ2n) is 5.77. The van der Waals surface area contributed by atoms with E-state index in [1.807, 2.05) is 24.3 Å². The van der Waals surface area contributed by atoms with Crippen molar-refractivity contribution < 1.29 is 24.2 Å². The molecule has 0 bridgehead atoms. The number of urea groups is 1. The van der Waals surface area contributed by atoms with Gasteiger partial charge in [-0.2, -0.15) is 0 Å². The minimum absolute atomic E-state index is 0.230. The first kappa shape index (κ1) is 18.1. The Hall–Kier alpha value is -2.28. The molecule has 7 heteroatoms. The molecule has 1 unspecified atom stereocenters. The second-order valence-corrected chi connectivity index (χ2v) is 5.77. The third-order valence-corrected chi connectivity index (χ3v) is 3.96. The number of piperidine rings is 1. The summed E-state index contributed by atoms with van der Waals surface area (Å²) in [6.07, 6.45) is 1.34. The van der Waals surface area contributed by atoms with Gasteiger partial charge in [-0.1, -0.05) is 12.1 Å². The zero-order valence-electron chi connectivity index (χ0n) is 13.9. The van der Waals surface area contributed by atoms with Crippen molar-refractivity contribution >= 4 is 12.0 Å². The van der Waals surface area contributed by atoms with Crippen molar-refractivity contribution in [2.45, 2.75) is 19.4 Å². The van der Waals surface area contributed by atoms with Gasteiger partial charge in [-0.3, -0.25) is 4.79 Å². The minimum Gasteiger partial charge on any atom is -0.491 e. The number of carboxylic acid groups (broad SMARTS) is 1. The number of benzene rings is 1. The number of likely N-dealkylation sites (tertiary alicyclic amines) is 1. The molecule has 1 fully saturated rings. The first-order chi connectivity index (χ1) is 11.6. The maximum absolute atomic E-state index is 12.2. The number of nitrogens with one attached hydrogen (secondary N) is 1. The average Bonchev–Trinajstić information content (AvgIpc) is 2.60. The smallest absolute Gasteiger partial charge is 0.317 e. The number of hydrogen-bond acceptors (Lipinski definition) is 4. The zero-order chi connectivity index (χ0) is 17.4. The van der Waals surface area contributed by atoms with Crippen LogP contribution in [0.5, 0.6) is 5.75 Å². The fourth-order valence-electron chi connectivity index (χ4n) is 2.64. The SMILES string of the molecule is COCCOc1cccc(CNC(=O)N2CCCC(C(=O)O)C2)c1. The van der Waals surface area contributed by atoms with E-state index in [0.717, 1.165) is 11.3 Å². The summed E-state index contributed by atoms with van der Waals surface area (Å²) in [6.45, 7) is 2.21. The topological polar surface area (TPSA) is 88.1 Å². The Kier molecular flexibility index (Phi) is 6.87. The molecule has 0 aliphatic carbocycles. The number of nitrogens with zero attached hydrogens (tertiary/aromatic N) is 1. The molecule has 2 rings (SSSR count). The molecule has 0 radical (unpaired) electrons. The van der Waals surface area contributed by atoms with E-state index in [4.69, 9.17) is 14.6 Å². The first-order valence-corrected chi connectivity index (χ1v) is 8.06. The average molecular weight is 336 g/mol. The molecule has 24 heavy (non-hydrogen) atoms. The van der Waals surface area contributed by atoms with Gasteiger partial charge in [0.05, 0.1) is 12.5 Å². The van der Waals surface area contributed by atoms with E-state index < -0.39 is 11.9 Å². The standard InChI is InChI=1S/C17H24N2O5/c1-23-8-9-24-15-6-2-4-13(10-15)11-18-17(22)19-7-3-5-14(12-19)16(20)21/h2,4,6,10,14H,3,5,7-9,11-12H2,1H3,(H,18,22)(H,20,21). The number of aliphatic carboxylic acids is 1. The molecule has 1 atom stereocenters. The summed E-state index contributed by atoms with van der Waals surface area (Å²) in [5.74, 6) is -0.585. The predicted octanol–water partition coefficient (Wildman–Crippen LogP) is 1.72. The van der Waals surface area contributed by atoms with Crippen LogP contribution >= 0.6 is 0 Å². The fourth-order valence-corrected chi connectivity index (χ4v) is 2.64. The number of carbonyl (C=O) groups is 2. The number of ether oxygens (including phenoxy) is 2. The number of carbonyl (C=O) groups excluding carboxylic acids is 1. The van der Waals surface area contributed by atoms with Gasteiger partial charge in [0.2, 0.25) is 0 Å². The molecule has 0 spiro atoms. The quantitative estimate of drug-likeness (QED) is 0.740. The van der Waals surface area contributed by atoms with Crippen molar-refractivity contribution in [3.8, 4) is 5.75 Å². The van der Waals surface area contributed by atoms with Crippen molar-refractivity contribution in [2.75, 3.05) is 33.4 Å². The predicted molar refractivity (Wildman–Crippen MR) is 88.0 cm³/mol. The molecule has 1 aromatic carbocycles. The van der Waals surface area contributed by atoms with E-state index in [1.54, 1.807) is 12.0 Å². The molecule has 0 aromatic heterocycles. The highest BCUT2D eigenvalue weighted by Crippen LogP contribution is 2.17. The maximum Gasteiger partial charge on any atom is 0.317 e. The summed E-state index contributed by atoms with van der Waals surface area (Å²) in [5, 5.41) is 11.9. The van der Waals surface area contributed by atoms with Crippen LogP contribution in [0.1, 0.15) is 18.4 Å². The maximum atomic E-state index is 12.2. The minimum atomic E-state index is -0.839. The lowest BCUT2D eigenvalue weighted by Crippen LogP contribution is -2.46. The number of amides is 2. The Morgan fingerprint density at radius 3 is 2.96 bits per heavy atom. The highest BCUT2D eigenvalue weighted by atomic mass is 16.5. The second kappa shape index (κ2) is 9.12. The van der Waals surface area contributed by atoms with Crippen molar-refractivity contribution in [1.29, 1.82) is 0 Å². The first-order valence-electron chi connectivity index (χ1n) is 8.06. The van der Waals surface area contributed by atoms with Crippen LogP contribution in [0.4, 0.5) is 4.79 Å². The molecular formula is C17H24N2O5. The number of methoxy groups -OCH3 is 1. The van der Waals surface area contributed by atoms with Crippen LogP contribution in [0, 0.1) is 5.92 Å². The van der Waals surface area contributed by atoms with Crippen molar-refractivity contribution in [3.63, 3.8) is 0 Å². The van der Waals surface area contributed by atoms with Gasteiger partial charge in [0.25, 0.3) is 0 Å². The van der Waals surface area contributed by atoms with Crippen LogP contribution in [0.25, 0.3) is 0 Å². The third kappa shape index (κ3) is 5.42. The van der Waals surface area contributed by atoms with Crippen LogP contribution in [-0.2, 0) is 16.1 Å². The van der Waals surface area contributed by atoms with Crippen LogP contribution in [0.3, 0.4) is 0 Å². The highest BCUT2D eigenvalue weighted by Gasteiger charge is 2.27. The van der Waals surface area contributed by atoms with E-state index in [2.05, 4.69) is 5.32 Å². The highest BCUT2D eigenvalue weighted by molar-refractivity contribution is 5.76. The van der Waals surface area contributed by atoms with Gasteiger partial charge in [-0.05, 0) is 30.5 Å². The molecule has 132 valence electrons. The van der Waals surface area contributed by atoms with Gasteiger partial charge >= 0.3 is 12.0 Å². The Labute approximate surface area is 141 Å². The van der Waals surface area contributed by atoms with E-state index in [9.17, 15) is 9.59 Å². The molecular weight excluding hydrogens is 312 g/mol. The summed E-state index contributed by atoms with van der Waals surface area (Å²) in [6, 6.07) is 7.26. The van der Waals surface area contributed by atoms with E-state index in [0.29, 0.717) is 39.1 Å². The fraction of sp³-hybridized carbons (Fsp3) is 0.529. The molecule has 1 heterocycles. The molecule has 1 saturated heterocycles. The van der Waals surface area contributed by atoms with Crippen molar-refractivity contribution in [1.82, 2.24) is 10.2 Å². The lowest BCUT2D eigenvalue weighted by molar-refractivity contribution is -0.143. The largest absolute Gasteiger partial charge is 0.491 e. The van der Waals surface area contributed by atoms with Gasteiger partial charge in [0.15, 0.2) is 0 Å². The van der Waals surface area contributed by atoms with Gasteiger partial charge in [0.1, 0.15) is 12.4 Å². The Morgan fingerprint density at radius 1 is 1.38 bits per heavy atom. The zero-order valence-corrected chi connectivity index (χ0v) is 13.9. The molecule has 7 nitrogen and oxygen atoms in total. The summed E-state index contributed by atoms with van der Waals surface area (Å²) in [5.41, 5.74) is 0.921. The molecule has 2 N–H and O–H groups in total. The summed E-state index contributed by atoms with van der Waals surface area (Å²) < 4.78 is 10.5. The van der Waals surface area contributed by atoms with Crippen LogP contribution in [0.15, 0.2) is 24.3 Å². The Balaban J connectivity index is 1.83. The van der Waals surface area contributed by atoms with Crippen LogP contribution < -0.4 is 10.1 Å². The Bertz CT molecular complexity index is 564. The summed E-state index contributed by atoms with van der Waals surface area (Å²) in [4.78, 5) is 24.8. The lowest BCUT2D eigenvalue weighted by atomic mass is 9.99. The molecule has 1 aliphatic rings. The van der Waals surface area contributed by atoms with Crippen LogP contribution in [-0.4, -0.2) is 55.4 Å². The van der Waals surface area contributed by atoms with E-state index in [1.165, 1.54) is 0 Å². The Morgan fingerprint density at radius 2 is 2.21 bits per heavy atom. The van der Waals surface area contributed by atoms with Gasteiger partial charge in [0, 0.05) is 26.7 Å². The monoisotopic (exact) mass is 336 g/mol. The summed E-state index contributed by atoms with van der Waals surface area (Å²) in [7, 11) is 1.62. The van der Waals surface area contributed by atoms with Crippen LogP contribution in [0.2, 0.25) is 0 Å². The normalized spacial score (nSPS) is 17.4. The number of rotatable bonds is 7. The number of hydrogen-bond donors (Lipinski definition) is 2. The number of carboxylic acids is 1. The van der Waals surface area contributed by atoms with Gasteiger partial charge in [-0.15, -0.1) is 0 Å². The third-order valence-electron chi connectivity index (χ3n) is 3.96. The molecule has 1 aliphatic heterocycles. The van der Waals surface area contributed by atoms with Crippen molar-refractivity contribution in [2.24, 2.45) is 5.92 Å².